The van der Waals surface area contributed by atoms with E-state index in [4.69, 9.17) is 21.4 Å². The standard InChI is InChI=1S/C29H33N7.C2H6/c1-3-6-21(4-2)25-12-13-26-29(33-25)36(28(34-26)24-7-5-16-32-27(24)31)23-10-8-20(9-11-23)19-35-17-14-22(30)15-18-35;1-2/h3-13,16,22H,14-15,17-19,30H2,1-2H3,(H2,31,32);1-2H3/b6-3-,21-4+;. The van der Waals surface area contributed by atoms with Crippen molar-refractivity contribution in [1.29, 1.82) is 0 Å². The molecule has 7 nitrogen and oxygen atoms in total. The van der Waals surface area contributed by atoms with Crippen molar-refractivity contribution in [1.82, 2.24) is 24.4 Å². The normalized spacial score (nSPS) is 15.1. The zero-order chi connectivity index (χ0) is 27.1. The number of benzene rings is 1. The Kier molecular flexibility index (Phi) is 9.05. The lowest BCUT2D eigenvalue weighted by molar-refractivity contribution is 0.205. The minimum absolute atomic E-state index is 0.338. The number of rotatable bonds is 6. The van der Waals surface area contributed by atoms with Crippen LogP contribution >= 0.6 is 0 Å². The van der Waals surface area contributed by atoms with Gasteiger partial charge in [0, 0.05) is 24.5 Å². The van der Waals surface area contributed by atoms with Crippen LogP contribution in [0.4, 0.5) is 5.82 Å². The number of nitrogens with zero attached hydrogens (tertiary/aromatic N) is 5. The quantitative estimate of drug-likeness (QED) is 0.310. The molecular weight excluding hydrogens is 470 g/mol. The number of aromatic nitrogens is 4. The van der Waals surface area contributed by atoms with Crippen LogP contribution in [0.2, 0.25) is 0 Å². The molecule has 0 aliphatic carbocycles. The summed E-state index contributed by atoms with van der Waals surface area (Å²) >= 11 is 0. The Labute approximate surface area is 225 Å². The van der Waals surface area contributed by atoms with E-state index in [9.17, 15) is 0 Å². The van der Waals surface area contributed by atoms with E-state index in [2.05, 4.69) is 50.9 Å². The summed E-state index contributed by atoms with van der Waals surface area (Å²) in [5.41, 5.74) is 19.0. The van der Waals surface area contributed by atoms with Crippen LogP contribution in [0.25, 0.3) is 33.8 Å². The molecule has 0 spiro atoms. The lowest BCUT2D eigenvalue weighted by Gasteiger charge is -2.30. The summed E-state index contributed by atoms with van der Waals surface area (Å²) in [5.74, 6) is 1.17. The third-order valence-electron chi connectivity index (χ3n) is 6.77. The van der Waals surface area contributed by atoms with Crippen LogP contribution in [0.5, 0.6) is 0 Å². The molecule has 3 aromatic heterocycles. The van der Waals surface area contributed by atoms with E-state index in [1.54, 1.807) is 6.20 Å². The average Bonchev–Trinajstić information content (AvgIpc) is 3.33. The molecule has 5 rings (SSSR count). The monoisotopic (exact) mass is 509 g/mol. The third kappa shape index (κ3) is 5.85. The van der Waals surface area contributed by atoms with Gasteiger partial charge in [0.1, 0.15) is 11.3 Å². The minimum Gasteiger partial charge on any atom is -0.383 e. The highest BCUT2D eigenvalue weighted by atomic mass is 15.1. The van der Waals surface area contributed by atoms with Crippen molar-refractivity contribution in [3.05, 3.63) is 84.2 Å². The fourth-order valence-electron chi connectivity index (χ4n) is 4.78. The second kappa shape index (κ2) is 12.6. The van der Waals surface area contributed by atoms with E-state index in [0.29, 0.717) is 11.9 Å². The summed E-state index contributed by atoms with van der Waals surface area (Å²) < 4.78 is 2.08. The van der Waals surface area contributed by atoms with Crippen molar-refractivity contribution in [2.75, 3.05) is 18.8 Å². The van der Waals surface area contributed by atoms with Gasteiger partial charge < -0.3 is 11.5 Å². The van der Waals surface area contributed by atoms with E-state index in [-0.39, 0.29) is 0 Å². The van der Waals surface area contributed by atoms with Gasteiger partial charge in [0.05, 0.1) is 11.3 Å². The Morgan fingerprint density at radius 1 is 1.00 bits per heavy atom. The molecule has 198 valence electrons. The first-order chi connectivity index (χ1) is 18.6. The molecule has 1 saturated heterocycles. The molecule has 4 aromatic rings. The predicted molar refractivity (Wildman–Crippen MR) is 159 cm³/mol. The number of imidazole rings is 1. The highest BCUT2D eigenvalue weighted by molar-refractivity contribution is 5.85. The highest BCUT2D eigenvalue weighted by Crippen LogP contribution is 2.31. The second-order valence-electron chi connectivity index (χ2n) is 9.27. The number of hydrogen-bond acceptors (Lipinski definition) is 6. The Bertz CT molecular complexity index is 1410. The van der Waals surface area contributed by atoms with Gasteiger partial charge in [-0.15, -0.1) is 0 Å². The van der Waals surface area contributed by atoms with Crippen LogP contribution in [-0.2, 0) is 6.54 Å². The van der Waals surface area contributed by atoms with Gasteiger partial charge in [0.2, 0.25) is 0 Å². The summed E-state index contributed by atoms with van der Waals surface area (Å²) in [6.07, 6.45) is 9.97. The number of pyridine rings is 2. The van der Waals surface area contributed by atoms with Crippen LogP contribution in [0, 0.1) is 0 Å². The van der Waals surface area contributed by atoms with E-state index in [0.717, 1.165) is 72.0 Å². The zero-order valence-corrected chi connectivity index (χ0v) is 22.9. The van der Waals surface area contributed by atoms with Crippen LogP contribution in [0.1, 0.15) is 51.8 Å². The van der Waals surface area contributed by atoms with Gasteiger partial charge in [-0.05, 0) is 87.3 Å². The molecule has 38 heavy (non-hydrogen) atoms. The number of anilines is 1. The third-order valence-corrected chi connectivity index (χ3v) is 6.77. The maximum Gasteiger partial charge on any atom is 0.165 e. The molecule has 1 fully saturated rings. The molecule has 7 heteroatoms. The summed E-state index contributed by atoms with van der Waals surface area (Å²) in [7, 11) is 0. The molecule has 0 atom stereocenters. The number of hydrogen-bond donors (Lipinski definition) is 2. The Morgan fingerprint density at radius 2 is 1.74 bits per heavy atom. The Balaban J connectivity index is 0.00000164. The number of allylic oxidation sites excluding steroid dienone is 4. The summed E-state index contributed by atoms with van der Waals surface area (Å²) in [6.45, 7) is 11.1. The molecule has 1 aliphatic heterocycles. The Morgan fingerprint density at radius 3 is 2.39 bits per heavy atom. The molecule has 4 N–H and O–H groups in total. The van der Waals surface area contributed by atoms with Gasteiger partial charge in [-0.3, -0.25) is 9.47 Å². The molecule has 0 amide bonds. The first kappa shape index (κ1) is 27.2. The number of fused-ring (bicyclic) bond motifs is 1. The van der Waals surface area contributed by atoms with Crippen molar-refractivity contribution in [2.45, 2.75) is 53.1 Å². The minimum atomic E-state index is 0.338. The van der Waals surface area contributed by atoms with Crippen LogP contribution < -0.4 is 11.5 Å². The maximum atomic E-state index is 6.28. The number of piperidine rings is 1. The Hall–Kier alpha value is -3.81. The first-order valence-corrected chi connectivity index (χ1v) is 13.5. The van der Waals surface area contributed by atoms with Crippen molar-refractivity contribution in [3.8, 4) is 17.1 Å². The fraction of sp³-hybridized carbons (Fsp3) is 0.323. The number of nitrogen functional groups attached to an aromatic ring is 1. The number of nitrogens with two attached hydrogens (primary N) is 2. The highest BCUT2D eigenvalue weighted by Gasteiger charge is 2.19. The van der Waals surface area contributed by atoms with E-state index in [1.807, 2.05) is 58.0 Å². The SMILES string of the molecule is C/C=C\C(=C/C)c1ccc2nc(-c3cccnc3N)n(-c3ccc(CN4CCC(N)CC4)cc3)c2n1.CC. The fourth-order valence-corrected chi connectivity index (χ4v) is 4.78. The molecule has 0 unspecified atom stereocenters. The van der Waals surface area contributed by atoms with Gasteiger partial charge in [-0.1, -0.05) is 44.2 Å². The number of likely N-dealkylation sites (tertiary alicyclic amines) is 1. The molecule has 0 radical (unpaired) electrons. The van der Waals surface area contributed by atoms with Crippen LogP contribution in [-0.4, -0.2) is 43.6 Å². The lowest BCUT2D eigenvalue weighted by atomic mass is 10.1. The smallest absolute Gasteiger partial charge is 0.165 e. The molecular formula is C31H39N7. The molecule has 4 heterocycles. The molecule has 1 aromatic carbocycles. The second-order valence-corrected chi connectivity index (χ2v) is 9.27. The molecule has 0 bridgehead atoms. The zero-order valence-electron chi connectivity index (χ0n) is 22.9. The molecule has 0 saturated carbocycles. The molecule has 1 aliphatic rings. The van der Waals surface area contributed by atoms with Crippen molar-refractivity contribution in [2.24, 2.45) is 5.73 Å². The van der Waals surface area contributed by atoms with Crippen LogP contribution in [0.15, 0.2) is 73.0 Å². The van der Waals surface area contributed by atoms with E-state index in [1.165, 1.54) is 5.56 Å². The van der Waals surface area contributed by atoms with Gasteiger partial charge >= 0.3 is 0 Å². The topological polar surface area (TPSA) is 98.9 Å². The van der Waals surface area contributed by atoms with Crippen molar-refractivity contribution in [3.63, 3.8) is 0 Å². The van der Waals surface area contributed by atoms with E-state index < -0.39 is 0 Å². The summed E-state index contributed by atoms with van der Waals surface area (Å²) in [6, 6.07) is 16.9. The maximum absolute atomic E-state index is 6.28. The predicted octanol–water partition coefficient (Wildman–Crippen LogP) is 5.99. The van der Waals surface area contributed by atoms with Gasteiger partial charge in [-0.2, -0.15) is 0 Å². The average molecular weight is 510 g/mol. The first-order valence-electron chi connectivity index (χ1n) is 13.5. The van der Waals surface area contributed by atoms with Crippen molar-refractivity contribution >= 4 is 22.6 Å². The largest absolute Gasteiger partial charge is 0.383 e. The summed E-state index contributed by atoms with van der Waals surface area (Å²) in [5, 5.41) is 0. The van der Waals surface area contributed by atoms with Crippen LogP contribution in [0.3, 0.4) is 0 Å². The van der Waals surface area contributed by atoms with Gasteiger partial charge in [-0.25, -0.2) is 15.0 Å². The van der Waals surface area contributed by atoms with E-state index >= 15 is 0 Å². The summed E-state index contributed by atoms with van der Waals surface area (Å²) in [4.78, 5) is 16.8. The van der Waals surface area contributed by atoms with Crippen molar-refractivity contribution < 1.29 is 0 Å². The van der Waals surface area contributed by atoms with Gasteiger partial charge in [0.15, 0.2) is 11.5 Å². The van der Waals surface area contributed by atoms with Gasteiger partial charge in [0.25, 0.3) is 0 Å². The lowest BCUT2D eigenvalue weighted by Crippen LogP contribution is -2.39.